The minimum atomic E-state index is 0.626. The number of benzene rings is 2. The molecule has 3 rings (SSSR count). The third-order valence-electron chi connectivity index (χ3n) is 3.41. The van der Waals surface area contributed by atoms with Crippen molar-refractivity contribution < 1.29 is 4.79 Å². The van der Waals surface area contributed by atoms with Gasteiger partial charge in [-0.15, -0.1) is 0 Å². The fourth-order valence-corrected chi connectivity index (χ4v) is 2.82. The van der Waals surface area contributed by atoms with Gasteiger partial charge in [0, 0.05) is 33.7 Å². The molecule has 0 aliphatic rings. The van der Waals surface area contributed by atoms with Crippen LogP contribution >= 0.6 is 15.9 Å². The van der Waals surface area contributed by atoms with Crippen LogP contribution in [0.4, 0.5) is 0 Å². The summed E-state index contributed by atoms with van der Waals surface area (Å²) in [4.78, 5) is 11.2. The third-order valence-corrected chi connectivity index (χ3v) is 3.90. The highest BCUT2D eigenvalue weighted by Gasteiger charge is 2.09. The van der Waals surface area contributed by atoms with Gasteiger partial charge in [0.1, 0.15) is 0 Å². The van der Waals surface area contributed by atoms with Crippen molar-refractivity contribution >= 4 is 33.1 Å². The Morgan fingerprint density at radius 3 is 2.86 bits per heavy atom. The second kappa shape index (κ2) is 5.55. The lowest BCUT2D eigenvalue weighted by molar-refractivity contribution is 0.112. The lowest BCUT2D eigenvalue weighted by Gasteiger charge is -2.06. The van der Waals surface area contributed by atoms with Gasteiger partial charge in [0.2, 0.25) is 0 Å². The number of halogens is 1. The van der Waals surface area contributed by atoms with Gasteiger partial charge in [0.25, 0.3) is 0 Å². The number of carbonyl (C=O) groups is 1. The summed E-state index contributed by atoms with van der Waals surface area (Å²) in [6.45, 7) is 0.626. The van der Waals surface area contributed by atoms with Crippen LogP contribution in [0.25, 0.3) is 10.9 Å². The van der Waals surface area contributed by atoms with Gasteiger partial charge in [0.15, 0.2) is 6.29 Å². The highest BCUT2D eigenvalue weighted by atomic mass is 79.9. The van der Waals surface area contributed by atoms with E-state index in [2.05, 4.69) is 22.0 Å². The predicted octanol–water partition coefficient (Wildman–Crippen LogP) is 4.14. The molecule has 21 heavy (non-hydrogen) atoms. The fraction of sp³-hybridized carbons (Fsp3) is 0.0588. The number of nitriles is 1. The standard InChI is InChI=1S/C17H11BrN2O/c18-15-4-5-17-16(7-15)14(11-21)10-20(17)9-13-3-1-2-12(6-13)8-19/h1-7,10-11H,9H2. The van der Waals surface area contributed by atoms with Crippen LogP contribution in [0.15, 0.2) is 53.1 Å². The van der Waals surface area contributed by atoms with E-state index in [0.29, 0.717) is 17.7 Å². The summed E-state index contributed by atoms with van der Waals surface area (Å²) in [6.07, 6.45) is 2.72. The second-order valence-corrected chi connectivity index (χ2v) is 5.72. The van der Waals surface area contributed by atoms with Gasteiger partial charge >= 0.3 is 0 Å². The van der Waals surface area contributed by atoms with E-state index in [4.69, 9.17) is 5.26 Å². The maximum atomic E-state index is 11.2. The van der Waals surface area contributed by atoms with Gasteiger partial charge in [-0.1, -0.05) is 28.1 Å². The number of aldehydes is 1. The van der Waals surface area contributed by atoms with Crippen molar-refractivity contribution in [2.45, 2.75) is 6.54 Å². The number of aromatic nitrogens is 1. The van der Waals surface area contributed by atoms with Crippen molar-refractivity contribution in [3.05, 3.63) is 69.8 Å². The summed E-state index contributed by atoms with van der Waals surface area (Å²) in [5, 5.41) is 9.89. The maximum Gasteiger partial charge on any atom is 0.152 e. The van der Waals surface area contributed by atoms with Gasteiger partial charge in [-0.3, -0.25) is 4.79 Å². The zero-order valence-electron chi connectivity index (χ0n) is 11.1. The first-order valence-electron chi connectivity index (χ1n) is 6.44. The summed E-state index contributed by atoms with van der Waals surface area (Å²) in [6, 6.07) is 15.5. The first kappa shape index (κ1) is 13.6. The molecule has 0 saturated carbocycles. The number of hydrogen-bond acceptors (Lipinski definition) is 2. The Kier molecular flexibility index (Phi) is 3.59. The Hall–Kier alpha value is -2.38. The quantitative estimate of drug-likeness (QED) is 0.674. The fourth-order valence-electron chi connectivity index (χ4n) is 2.46. The molecule has 0 unspecified atom stereocenters. The molecule has 0 fully saturated rings. The second-order valence-electron chi connectivity index (χ2n) is 4.80. The molecule has 0 radical (unpaired) electrons. The molecule has 1 aromatic heterocycles. The van der Waals surface area contributed by atoms with Gasteiger partial charge < -0.3 is 4.57 Å². The molecular formula is C17H11BrN2O. The third kappa shape index (κ3) is 2.61. The van der Waals surface area contributed by atoms with Crippen LogP contribution in [-0.4, -0.2) is 10.9 Å². The molecule has 0 atom stereocenters. The lowest BCUT2D eigenvalue weighted by atomic mass is 10.1. The molecule has 2 aromatic carbocycles. The van der Waals surface area contributed by atoms with Crippen molar-refractivity contribution in [3.63, 3.8) is 0 Å². The molecule has 0 spiro atoms. The van der Waals surface area contributed by atoms with Gasteiger partial charge in [0.05, 0.1) is 11.6 Å². The van der Waals surface area contributed by atoms with Crippen LogP contribution in [0.3, 0.4) is 0 Å². The van der Waals surface area contributed by atoms with Crippen LogP contribution in [0, 0.1) is 11.3 Å². The molecule has 0 aliphatic carbocycles. The van der Waals surface area contributed by atoms with E-state index in [1.165, 1.54) is 0 Å². The first-order chi connectivity index (χ1) is 10.2. The summed E-state index contributed by atoms with van der Waals surface area (Å²) in [5.74, 6) is 0. The summed E-state index contributed by atoms with van der Waals surface area (Å²) < 4.78 is 2.98. The van der Waals surface area contributed by atoms with Gasteiger partial charge in [-0.05, 0) is 35.9 Å². The Balaban J connectivity index is 2.08. The molecule has 4 heteroatoms. The van der Waals surface area contributed by atoms with Crippen molar-refractivity contribution in [1.82, 2.24) is 4.57 Å². The molecule has 0 aliphatic heterocycles. The topological polar surface area (TPSA) is 45.8 Å². The molecule has 1 heterocycles. The van der Waals surface area contributed by atoms with E-state index in [9.17, 15) is 4.79 Å². The number of hydrogen-bond donors (Lipinski definition) is 0. The minimum Gasteiger partial charge on any atom is -0.342 e. The molecule has 0 N–H and O–H groups in total. The highest BCUT2D eigenvalue weighted by Crippen LogP contribution is 2.25. The lowest BCUT2D eigenvalue weighted by Crippen LogP contribution is -1.98. The van der Waals surface area contributed by atoms with Crippen LogP contribution in [0.1, 0.15) is 21.5 Å². The molecule has 0 amide bonds. The smallest absolute Gasteiger partial charge is 0.152 e. The highest BCUT2D eigenvalue weighted by molar-refractivity contribution is 9.10. The van der Waals surface area contributed by atoms with Gasteiger partial charge in [-0.25, -0.2) is 0 Å². The van der Waals surface area contributed by atoms with Crippen LogP contribution in [0.2, 0.25) is 0 Å². The zero-order chi connectivity index (χ0) is 14.8. The number of rotatable bonds is 3. The summed E-state index contributed by atoms with van der Waals surface area (Å²) >= 11 is 3.43. The Bertz CT molecular complexity index is 874. The normalized spacial score (nSPS) is 10.5. The maximum absolute atomic E-state index is 11.2. The van der Waals surface area contributed by atoms with E-state index < -0.39 is 0 Å². The van der Waals surface area contributed by atoms with E-state index in [0.717, 1.165) is 27.2 Å². The minimum absolute atomic E-state index is 0.626. The van der Waals surface area contributed by atoms with E-state index in [1.54, 1.807) is 6.07 Å². The predicted molar refractivity (Wildman–Crippen MR) is 85.3 cm³/mol. The van der Waals surface area contributed by atoms with Crippen molar-refractivity contribution in [2.75, 3.05) is 0 Å². The largest absolute Gasteiger partial charge is 0.342 e. The molecular weight excluding hydrogens is 328 g/mol. The average Bonchev–Trinajstić information content (AvgIpc) is 2.84. The average molecular weight is 339 g/mol. The van der Waals surface area contributed by atoms with Crippen molar-refractivity contribution in [3.8, 4) is 6.07 Å². The summed E-state index contributed by atoms with van der Waals surface area (Å²) in [5.41, 5.74) is 3.35. The van der Waals surface area contributed by atoms with Crippen LogP contribution in [-0.2, 0) is 6.54 Å². The van der Waals surface area contributed by atoms with E-state index in [1.807, 2.05) is 47.2 Å². The SMILES string of the molecule is N#Cc1cccc(Cn2cc(C=O)c3cc(Br)ccc32)c1. The van der Waals surface area contributed by atoms with Crippen LogP contribution in [0.5, 0.6) is 0 Å². The number of fused-ring (bicyclic) bond motifs is 1. The first-order valence-corrected chi connectivity index (χ1v) is 7.23. The monoisotopic (exact) mass is 338 g/mol. The van der Waals surface area contributed by atoms with Crippen molar-refractivity contribution in [1.29, 1.82) is 5.26 Å². The van der Waals surface area contributed by atoms with E-state index in [-0.39, 0.29) is 0 Å². The molecule has 0 saturated heterocycles. The number of nitrogens with zero attached hydrogens (tertiary/aromatic N) is 2. The molecule has 0 bridgehead atoms. The molecule has 102 valence electrons. The Labute approximate surface area is 130 Å². The molecule has 3 aromatic rings. The van der Waals surface area contributed by atoms with Gasteiger partial charge in [-0.2, -0.15) is 5.26 Å². The molecule has 3 nitrogen and oxygen atoms in total. The van der Waals surface area contributed by atoms with Crippen molar-refractivity contribution in [2.24, 2.45) is 0 Å². The number of carbonyl (C=O) groups excluding carboxylic acids is 1. The van der Waals surface area contributed by atoms with Crippen LogP contribution < -0.4 is 0 Å². The zero-order valence-corrected chi connectivity index (χ0v) is 12.7. The van der Waals surface area contributed by atoms with E-state index >= 15 is 0 Å². The Morgan fingerprint density at radius 1 is 1.24 bits per heavy atom. The summed E-state index contributed by atoms with van der Waals surface area (Å²) in [7, 11) is 0. The Morgan fingerprint density at radius 2 is 2.10 bits per heavy atom.